The minimum atomic E-state index is -6.09. The number of unbranched alkanes of at least 4 members (excludes halogenated alkanes) is 1. The van der Waals surface area contributed by atoms with Crippen molar-refractivity contribution < 1.29 is 63.4 Å². The number of benzene rings is 3. The first kappa shape index (κ1) is 48.1. The van der Waals surface area contributed by atoms with Crippen LogP contribution in [-0.2, 0) is 40.7 Å². The van der Waals surface area contributed by atoms with Crippen LogP contribution in [0.5, 0.6) is 5.75 Å². The Morgan fingerprint density at radius 3 is 2.23 bits per heavy atom. The van der Waals surface area contributed by atoms with E-state index in [0.717, 1.165) is 66.4 Å². The number of carboxylic acids is 1. The molecule has 0 atom stereocenters. The molecule has 0 radical (unpaired) electrons. The second kappa shape index (κ2) is 21.8. The van der Waals surface area contributed by atoms with Crippen molar-refractivity contribution in [3.63, 3.8) is 0 Å². The predicted octanol–water partition coefficient (Wildman–Crippen LogP) is 6.13. The molecule has 1 saturated heterocycles. The second-order valence-electron chi connectivity index (χ2n) is 13.2. The van der Waals surface area contributed by atoms with Crippen molar-refractivity contribution in [1.82, 2.24) is 25.1 Å². The summed E-state index contributed by atoms with van der Waals surface area (Å²) in [4.78, 5) is 27.8. The van der Waals surface area contributed by atoms with Crippen LogP contribution in [0.1, 0.15) is 36.7 Å². The third-order valence-corrected chi connectivity index (χ3v) is 10.3. The van der Waals surface area contributed by atoms with Gasteiger partial charge in [0.1, 0.15) is 23.9 Å². The fourth-order valence-electron chi connectivity index (χ4n) is 5.70. The lowest BCUT2D eigenvalue weighted by Gasteiger charge is -2.16. The number of aryl methyl sites for hydroxylation is 4. The molecular weight excluding hydrogens is 857 g/mol. The van der Waals surface area contributed by atoms with Crippen LogP contribution in [0.25, 0.3) is 27.4 Å². The Labute approximate surface area is 351 Å². The van der Waals surface area contributed by atoms with E-state index in [0.29, 0.717) is 32.8 Å². The molecule has 22 heteroatoms. The molecule has 14 nitrogen and oxygen atoms in total. The zero-order valence-electron chi connectivity index (χ0n) is 32.7. The van der Waals surface area contributed by atoms with Crippen molar-refractivity contribution in [3.8, 4) is 33.1 Å². The maximum atomic E-state index is 12.1. The van der Waals surface area contributed by atoms with Gasteiger partial charge in [-0.15, -0.1) is 20.7 Å². The van der Waals surface area contributed by atoms with Crippen molar-refractivity contribution in [2.45, 2.75) is 57.3 Å². The van der Waals surface area contributed by atoms with Gasteiger partial charge in [-0.2, -0.15) is 26.3 Å². The van der Waals surface area contributed by atoms with E-state index < -0.39 is 27.8 Å². The molecule has 6 rings (SSSR count). The molecule has 4 N–H and O–H groups in total. The number of carbonyl (C=O) groups is 2. The minimum absolute atomic E-state index is 0.0420. The Bertz CT molecular complexity index is 2310. The zero-order valence-corrected chi connectivity index (χ0v) is 34.3. The number of hydrogen-bond acceptors (Lipinski definition) is 10. The van der Waals surface area contributed by atoms with Crippen molar-refractivity contribution in [1.29, 1.82) is 0 Å². The van der Waals surface area contributed by atoms with E-state index >= 15 is 0 Å². The van der Waals surface area contributed by atoms with Crippen LogP contribution in [-0.4, -0.2) is 94.3 Å². The summed E-state index contributed by atoms with van der Waals surface area (Å²) >= 11 is 1.63. The Kier molecular flexibility index (Phi) is 17.2. The number of ether oxygens (including phenoxy) is 1. The van der Waals surface area contributed by atoms with Crippen molar-refractivity contribution in [2.75, 3.05) is 32.8 Å². The molecule has 2 amide bonds. The van der Waals surface area contributed by atoms with E-state index in [-0.39, 0.29) is 6.03 Å². The molecule has 1 aliphatic heterocycles. The number of aromatic nitrogens is 4. The Morgan fingerprint density at radius 2 is 1.66 bits per heavy atom. The molecule has 1 aliphatic rings. The number of nitrogens with zero attached hydrogens (tertiary/aromatic N) is 5. The number of nitrogens with one attached hydrogen (secondary N) is 1. The average molecular weight is 900 g/mol. The van der Waals surface area contributed by atoms with Gasteiger partial charge < -0.3 is 30.3 Å². The van der Waals surface area contributed by atoms with Crippen molar-refractivity contribution >= 4 is 33.5 Å². The van der Waals surface area contributed by atoms with E-state index in [1.165, 1.54) is 22.4 Å². The summed E-state index contributed by atoms with van der Waals surface area (Å²) in [5.41, 5.74) is 7.93. The number of carboxylic acid groups (broad SMARTS) is 1. The molecule has 330 valence electrons. The van der Waals surface area contributed by atoms with Gasteiger partial charge in [0.05, 0.1) is 23.0 Å². The van der Waals surface area contributed by atoms with Crippen molar-refractivity contribution in [2.24, 2.45) is 5.73 Å². The Hall–Kier alpha value is -5.58. The molecule has 0 unspecified atom stereocenters. The summed E-state index contributed by atoms with van der Waals surface area (Å²) in [6.07, 6.45) is 1.75. The quantitative estimate of drug-likeness (QED) is 0.0362. The van der Waals surface area contributed by atoms with Gasteiger partial charge in [0.25, 0.3) is 0 Å². The fraction of sp³-hybridized carbons (Fsp3) is 0.359. The smallest absolute Gasteiger partial charge is 0.490 e. The molecule has 61 heavy (non-hydrogen) atoms. The third-order valence-electron chi connectivity index (χ3n) is 8.83. The predicted molar refractivity (Wildman–Crippen MR) is 212 cm³/mol. The van der Waals surface area contributed by atoms with Gasteiger partial charge in [-0.1, -0.05) is 54.6 Å². The van der Waals surface area contributed by atoms with Crippen LogP contribution in [0.2, 0.25) is 0 Å². The molecule has 0 aliphatic carbocycles. The van der Waals surface area contributed by atoms with Crippen LogP contribution in [0.3, 0.4) is 0 Å². The minimum Gasteiger partial charge on any atom is -0.741 e. The monoisotopic (exact) mass is 899 g/mol. The summed E-state index contributed by atoms with van der Waals surface area (Å²) in [6.45, 7) is 5.87. The van der Waals surface area contributed by atoms with Crippen LogP contribution in [0.4, 0.5) is 31.1 Å². The van der Waals surface area contributed by atoms with Crippen molar-refractivity contribution in [3.05, 3.63) is 101 Å². The number of halogens is 6. The SMILES string of the molecule is CCn1n[n+](-c2ccc(-c3nc(CCc4ccc(-c5ccccc5)cc4)cs3)c(OCCN3CCNC3=O)c2)cc1CCCCN.O=C(O)C(F)(F)F.O=S(=O)([O-])C(F)(F)F. The molecule has 3 heterocycles. The number of nitrogens with two attached hydrogens (primary N) is 1. The zero-order chi connectivity index (χ0) is 44.8. The van der Waals surface area contributed by atoms with Crippen LogP contribution in [0, 0.1) is 0 Å². The van der Waals surface area contributed by atoms with E-state index in [2.05, 4.69) is 84.5 Å². The van der Waals surface area contributed by atoms with E-state index in [4.69, 9.17) is 43.5 Å². The number of urea groups is 1. The summed E-state index contributed by atoms with van der Waals surface area (Å²) in [5.74, 6) is -2.02. The maximum absolute atomic E-state index is 12.1. The number of thiazole rings is 1. The first-order valence-electron chi connectivity index (χ1n) is 18.7. The van der Waals surface area contributed by atoms with Gasteiger partial charge in [-0.05, 0) is 68.0 Å². The highest BCUT2D eigenvalue weighted by Crippen LogP contribution is 2.34. The topological polar surface area (TPSA) is 197 Å². The number of carbonyl (C=O) groups excluding carboxylic acids is 1. The number of alkyl halides is 6. The molecule has 0 bridgehead atoms. The van der Waals surface area contributed by atoms with Gasteiger partial charge >= 0.3 is 23.7 Å². The molecule has 0 saturated carbocycles. The first-order valence-corrected chi connectivity index (χ1v) is 21.0. The fourth-order valence-corrected chi connectivity index (χ4v) is 6.58. The van der Waals surface area contributed by atoms with Gasteiger partial charge in [-0.25, -0.2) is 23.0 Å². The lowest BCUT2D eigenvalue weighted by atomic mass is 10.0. The number of aliphatic carboxylic acids is 1. The lowest BCUT2D eigenvalue weighted by molar-refractivity contribution is -0.661. The van der Waals surface area contributed by atoms with Crippen LogP contribution < -0.4 is 20.5 Å². The summed E-state index contributed by atoms with van der Waals surface area (Å²) in [7, 11) is -6.09. The second-order valence-corrected chi connectivity index (χ2v) is 15.4. The molecular formula is C39H43F6N7O7S2. The van der Waals surface area contributed by atoms with E-state index in [1.54, 1.807) is 16.2 Å². The molecule has 5 aromatic rings. The summed E-state index contributed by atoms with van der Waals surface area (Å²) < 4.78 is 101. The van der Waals surface area contributed by atoms with Gasteiger partial charge in [-0.3, -0.25) is 0 Å². The standard InChI is InChI=1S/C36H41N7O2S.C2HF3O2.CHF3O3S/c1-2-42-32(10-6-7-19-37)25-43(40-42)31-17-18-33(34(24-31)45-23-22-41-21-20-38-36(41)44)35-39-30(26-46-35)16-13-27-11-14-29(15-12-27)28-8-4-3-5-9-28;3-2(4,5)1(6)7;2-1(3,4)8(5,6)7/h3-5,8-9,11-12,14-15,17-18,24-26H,2,6-7,10,13,16,19-23,37H2,1H3;(H,6,7);(H,5,6,7). The first-order chi connectivity index (χ1) is 28.8. The largest absolute Gasteiger partial charge is 0.741 e. The van der Waals surface area contributed by atoms with E-state index in [1.807, 2.05) is 21.5 Å². The average Bonchev–Trinajstić information content (AvgIpc) is 3.97. The van der Waals surface area contributed by atoms with E-state index in [9.17, 15) is 31.1 Å². The normalized spacial score (nSPS) is 12.9. The number of amides is 2. The number of hydrogen-bond donors (Lipinski definition) is 3. The Morgan fingerprint density at radius 1 is 1.00 bits per heavy atom. The summed E-state index contributed by atoms with van der Waals surface area (Å²) in [6, 6.07) is 25.4. The van der Waals surface area contributed by atoms with Gasteiger partial charge in [0, 0.05) is 31.0 Å². The summed E-state index contributed by atoms with van der Waals surface area (Å²) in [5, 5.41) is 17.9. The third kappa shape index (κ3) is 14.5. The maximum Gasteiger partial charge on any atom is 0.490 e. The highest BCUT2D eigenvalue weighted by atomic mass is 32.2. The molecule has 0 spiro atoms. The lowest BCUT2D eigenvalue weighted by Crippen LogP contribution is -2.33. The van der Waals surface area contributed by atoms with Crippen LogP contribution >= 0.6 is 11.3 Å². The number of rotatable bonds is 15. The molecule has 1 fully saturated rings. The highest BCUT2D eigenvalue weighted by Gasteiger charge is 2.38. The molecule has 3 aromatic carbocycles. The van der Waals surface area contributed by atoms with Crippen LogP contribution in [0.15, 0.2) is 84.4 Å². The Balaban J connectivity index is 0.000000466. The highest BCUT2D eigenvalue weighted by molar-refractivity contribution is 7.86. The molecule has 2 aromatic heterocycles. The van der Waals surface area contributed by atoms with Gasteiger partial charge in [0.2, 0.25) is 0 Å². The van der Waals surface area contributed by atoms with Gasteiger partial charge in [0.15, 0.2) is 27.7 Å².